The van der Waals surface area contributed by atoms with E-state index in [9.17, 15) is 168 Å². The van der Waals surface area contributed by atoms with Crippen molar-refractivity contribution >= 4 is 0 Å². The molecule has 46 heteroatoms. The fraction of sp³-hybridized carbons (Fsp3) is 1.00. The van der Waals surface area contributed by atoms with Crippen LogP contribution >= 0.6 is 0 Å². The molecule has 133 heavy (non-hydrogen) atoms. The summed E-state index contributed by atoms with van der Waals surface area (Å²) in [5, 5.41) is 18.6. The molecule has 0 aliphatic heterocycles. The zero-order chi connectivity index (χ0) is 101. The lowest BCUT2D eigenvalue weighted by Crippen LogP contribution is -2.60. The minimum Gasteiger partial charge on any atom is -0.374 e. The smallest absolute Gasteiger partial charge is 0.374 e. The van der Waals surface area contributed by atoms with Crippen LogP contribution in [0.5, 0.6) is 0 Å². The quantitative estimate of drug-likeness (QED) is 0.0395. The van der Waals surface area contributed by atoms with Crippen LogP contribution in [0.2, 0.25) is 0 Å². The summed E-state index contributed by atoms with van der Waals surface area (Å²) < 4.78 is 526. The van der Waals surface area contributed by atoms with Crippen molar-refractivity contribution in [2.75, 3.05) is 53.6 Å². The summed E-state index contributed by atoms with van der Waals surface area (Å²) in [5.74, 6) is -4.38. The molecule has 12 saturated carbocycles. The highest BCUT2D eigenvalue weighted by molar-refractivity contribution is 5.12. The molecule has 12 rings (SSSR count). The number of aliphatic hydroxyl groups is 2. The first-order chi connectivity index (χ1) is 60.2. The summed E-state index contributed by atoms with van der Waals surface area (Å²) >= 11 is 0. The lowest BCUT2D eigenvalue weighted by Gasteiger charge is -2.41. The third-order valence-electron chi connectivity index (χ3n) is 35.6. The van der Waals surface area contributed by atoms with Crippen molar-refractivity contribution in [1.29, 1.82) is 0 Å². The summed E-state index contributed by atoms with van der Waals surface area (Å²) in [4.78, 5) is 0. The van der Waals surface area contributed by atoms with E-state index in [1.807, 2.05) is 83.1 Å². The van der Waals surface area contributed by atoms with Gasteiger partial charge in [0.25, 0.3) is 33.6 Å². The third-order valence-corrected chi connectivity index (χ3v) is 35.6. The highest BCUT2D eigenvalue weighted by Crippen LogP contribution is 2.68. The van der Waals surface area contributed by atoms with Crippen LogP contribution in [-0.2, 0) is 37.9 Å². The molecular formula is C87H122F36O10. The van der Waals surface area contributed by atoms with Gasteiger partial charge in [-0.2, -0.15) is 158 Å². The summed E-state index contributed by atoms with van der Waals surface area (Å²) in [7, 11) is 0. The van der Waals surface area contributed by atoms with Crippen LogP contribution in [0, 0.1) is 178 Å². The summed E-state index contributed by atoms with van der Waals surface area (Å²) in [6, 6.07) is 0. The molecule has 30 atom stereocenters. The zero-order valence-electron chi connectivity index (χ0n) is 75.2. The molecule has 0 spiro atoms. The molecule has 0 aromatic heterocycles. The average Bonchev–Trinajstić information content (AvgIpc) is 1.68. The standard InChI is InChI=1S/C31H44F12O4.C30H42F12O4.2C13H18F6O/c1-16-18(3)24-10-20(16)8-22(24)12-26(28(32,33)34,29(35,36)37)46-14-44-6-5-7-45-15-47-27(30(38,39)40,31(41,42)43)13-23-9-21-11-25(23)19(4)17(21)2;1-15-17(3)23-9-19(15)7-21(23)11-25(27(31,32)33,28(34,35)36)45-13-43-5-6-44-14-46-26(29(37,38)39,30(40,41)42)12-22-8-20-10-24(22)18(4)16(20)2;2*1-6-7(2)10-4-8(6)3-9(10)5-11(20,12(14,15)16)13(17,18)19/h16-25H,5-15H2,1-4H3;15-24H,5-14H2,1-4H3;2*6-10,20H,3-5H2,1-2H3. The Hall–Kier alpha value is -2.92. The lowest BCUT2D eigenvalue weighted by atomic mass is 9.71. The highest BCUT2D eigenvalue weighted by atomic mass is 19.5. The SMILES string of the molecule is CC1C2CC(CC(O)(C(F)(F)F)C(F)(F)F)C(C2)C1C.CC1C2CC(CC(O)(C(F)(F)F)C(F)(F)F)C(C2)C1C.CC1C2CC(CC(OCOCCCOCOC(CC3CC4CC3C(C)C4C)(C(F)(F)F)C(F)(F)F)(C(F)(F)F)C(F)(F)F)C(C2)C1C.CC1C2CC(CC(OCOCCOCOC(CC3CC4CC3C(C)C4C)(C(F)(F)F)C(F)(F)F)(C(F)(F)F)C(F)(F)F)C(C2)C1C. The molecule has 0 radical (unpaired) electrons. The first kappa shape index (κ1) is 114. The fourth-order valence-electron chi connectivity index (χ4n) is 26.6. The Morgan fingerprint density at radius 3 is 0.459 bits per heavy atom. The first-order valence-corrected chi connectivity index (χ1v) is 45.3. The minimum absolute atomic E-state index is 0.0220. The molecule has 2 N–H and O–H groups in total. The van der Waals surface area contributed by atoms with Gasteiger partial charge >= 0.3 is 74.1 Å². The van der Waals surface area contributed by atoms with E-state index < -0.39 is 235 Å². The molecule has 0 aromatic rings. The topological polar surface area (TPSA) is 114 Å². The largest absolute Gasteiger partial charge is 0.426 e. The van der Waals surface area contributed by atoms with E-state index in [1.54, 1.807) is 0 Å². The number of hydrogen-bond donors (Lipinski definition) is 2. The zero-order valence-corrected chi connectivity index (χ0v) is 75.2. The van der Waals surface area contributed by atoms with E-state index >= 15 is 0 Å². The highest BCUT2D eigenvalue weighted by Gasteiger charge is 2.80. The van der Waals surface area contributed by atoms with Gasteiger partial charge in [-0.05, 0) is 300 Å². The van der Waals surface area contributed by atoms with Crippen molar-refractivity contribution < 1.29 is 206 Å². The second-order valence-corrected chi connectivity index (χ2v) is 41.5. The second kappa shape index (κ2) is 40.0. The Labute approximate surface area is 748 Å². The van der Waals surface area contributed by atoms with Crippen LogP contribution in [0.25, 0.3) is 0 Å². The molecule has 0 aromatic carbocycles. The van der Waals surface area contributed by atoms with Crippen molar-refractivity contribution in [3.05, 3.63) is 0 Å². The van der Waals surface area contributed by atoms with Gasteiger partial charge in [0.1, 0.15) is 27.2 Å². The number of fused-ring (bicyclic) bond motifs is 12. The van der Waals surface area contributed by atoms with Crippen molar-refractivity contribution in [2.24, 2.45) is 178 Å². The molecule has 12 aliphatic carbocycles. The molecule has 12 aliphatic rings. The molecule has 30 unspecified atom stereocenters. The van der Waals surface area contributed by atoms with Crippen LogP contribution in [-0.4, -0.2) is 172 Å². The maximum Gasteiger partial charge on any atom is 0.426 e. The van der Waals surface area contributed by atoms with Crippen LogP contribution in [0.3, 0.4) is 0 Å². The number of alkyl halides is 36. The van der Waals surface area contributed by atoms with Crippen LogP contribution < -0.4 is 0 Å². The van der Waals surface area contributed by atoms with Crippen LogP contribution in [0.1, 0.15) is 205 Å². The van der Waals surface area contributed by atoms with Gasteiger partial charge < -0.3 is 48.1 Å². The van der Waals surface area contributed by atoms with Crippen molar-refractivity contribution in [3.8, 4) is 0 Å². The monoisotopic (exact) mass is 2010 g/mol. The number of hydrogen-bond acceptors (Lipinski definition) is 10. The van der Waals surface area contributed by atoms with E-state index in [2.05, 4.69) is 18.9 Å². The Kier molecular flexibility index (Phi) is 34.2. The molecule has 0 saturated heterocycles. The van der Waals surface area contributed by atoms with E-state index in [4.69, 9.17) is 18.9 Å². The Morgan fingerprint density at radius 1 is 0.188 bits per heavy atom. The predicted octanol–water partition coefficient (Wildman–Crippen LogP) is 27.4. The maximum atomic E-state index is 14.0. The molecule has 0 amide bonds. The van der Waals surface area contributed by atoms with Gasteiger partial charge in [-0.15, -0.1) is 0 Å². The first-order valence-electron chi connectivity index (χ1n) is 45.3. The van der Waals surface area contributed by atoms with Gasteiger partial charge in [0.2, 0.25) is 0 Å². The van der Waals surface area contributed by atoms with Gasteiger partial charge in [-0.3, -0.25) is 0 Å². The molecular weight excluding hydrogens is 1890 g/mol. The molecule has 12 fully saturated rings. The summed E-state index contributed by atoms with van der Waals surface area (Å²) in [5.41, 5.74) is -27.1. The van der Waals surface area contributed by atoms with E-state index in [0.717, 1.165) is 0 Å². The van der Waals surface area contributed by atoms with Crippen molar-refractivity contribution in [2.45, 2.75) is 313 Å². The number of ether oxygens (including phenoxy) is 8. The molecule has 782 valence electrons. The minimum atomic E-state index is -5.84. The van der Waals surface area contributed by atoms with Crippen LogP contribution in [0.15, 0.2) is 0 Å². The Bertz CT molecular complexity index is 3370. The summed E-state index contributed by atoms with van der Waals surface area (Å²) in [6.45, 7) is 14.3. The molecule has 0 heterocycles. The van der Waals surface area contributed by atoms with E-state index in [-0.39, 0.29) is 162 Å². The number of rotatable bonds is 31. The van der Waals surface area contributed by atoms with Gasteiger partial charge in [0.15, 0.2) is 0 Å². The van der Waals surface area contributed by atoms with E-state index in [1.165, 1.54) is 0 Å². The fourth-order valence-corrected chi connectivity index (χ4v) is 26.6. The molecule has 12 bridgehead atoms. The third kappa shape index (κ3) is 22.3. The lowest BCUT2D eigenvalue weighted by molar-refractivity contribution is -0.401. The van der Waals surface area contributed by atoms with Gasteiger partial charge in [-0.25, -0.2) is 0 Å². The van der Waals surface area contributed by atoms with Gasteiger partial charge in [0, 0.05) is 0 Å². The second-order valence-electron chi connectivity index (χ2n) is 41.5. The molecule has 10 nitrogen and oxygen atoms in total. The Balaban J connectivity index is 0.000000214. The maximum absolute atomic E-state index is 14.0. The van der Waals surface area contributed by atoms with Crippen molar-refractivity contribution in [3.63, 3.8) is 0 Å². The van der Waals surface area contributed by atoms with Crippen LogP contribution in [0.4, 0.5) is 158 Å². The normalized spacial score (nSPS) is 36.2. The van der Waals surface area contributed by atoms with Crippen molar-refractivity contribution in [1.82, 2.24) is 0 Å². The van der Waals surface area contributed by atoms with E-state index in [0.29, 0.717) is 63.2 Å². The number of halogens is 36. The van der Waals surface area contributed by atoms with Gasteiger partial charge in [0.05, 0.1) is 26.4 Å². The summed E-state index contributed by atoms with van der Waals surface area (Å²) in [6.07, 6.45) is -72.3. The average molecular weight is 2010 g/mol. The Morgan fingerprint density at radius 2 is 0.331 bits per heavy atom. The van der Waals surface area contributed by atoms with Gasteiger partial charge in [-0.1, -0.05) is 83.1 Å². The predicted molar refractivity (Wildman–Crippen MR) is 402 cm³/mol.